The maximum Gasteiger partial charge on any atom is 0.0272 e. The molecule has 0 amide bonds. The molecule has 0 N–H and O–H groups in total. The van der Waals surface area contributed by atoms with Crippen molar-refractivity contribution in [3.8, 4) is 0 Å². The summed E-state index contributed by atoms with van der Waals surface area (Å²) in [6.07, 6.45) is 2.18. The van der Waals surface area contributed by atoms with Crippen molar-refractivity contribution in [3.05, 3.63) is 42.0 Å². The van der Waals surface area contributed by atoms with E-state index in [1.807, 2.05) is 11.8 Å². The molecular formula is C12H16S. The van der Waals surface area contributed by atoms with Gasteiger partial charge in [0.05, 0.1) is 0 Å². The van der Waals surface area contributed by atoms with Crippen LogP contribution in [-0.4, -0.2) is 5.25 Å². The van der Waals surface area contributed by atoms with Crippen LogP contribution < -0.4 is 0 Å². The molecular weight excluding hydrogens is 176 g/mol. The lowest BCUT2D eigenvalue weighted by Crippen LogP contribution is -1.96. The molecule has 0 spiro atoms. The van der Waals surface area contributed by atoms with Gasteiger partial charge in [-0.25, -0.2) is 0 Å². The SMILES string of the molecule is C/C=C(/C)[C@H](C)Sc1ccccc1. The van der Waals surface area contributed by atoms with Crippen LogP contribution in [-0.2, 0) is 0 Å². The molecule has 0 fully saturated rings. The molecule has 0 radical (unpaired) electrons. The Bertz CT molecular complexity index is 274. The minimum atomic E-state index is 0.576. The third-order valence-electron chi connectivity index (χ3n) is 2.15. The molecule has 0 bridgehead atoms. The number of thioether (sulfide) groups is 1. The minimum Gasteiger partial charge on any atom is -0.119 e. The van der Waals surface area contributed by atoms with E-state index in [4.69, 9.17) is 0 Å². The van der Waals surface area contributed by atoms with E-state index in [-0.39, 0.29) is 0 Å². The van der Waals surface area contributed by atoms with Gasteiger partial charge in [-0.15, -0.1) is 11.8 Å². The molecule has 0 aliphatic heterocycles. The molecule has 1 aromatic rings. The lowest BCUT2D eigenvalue weighted by molar-refractivity contribution is 1.11. The molecule has 0 aliphatic rings. The molecule has 1 atom stereocenters. The van der Waals surface area contributed by atoms with Crippen molar-refractivity contribution in [2.75, 3.05) is 0 Å². The van der Waals surface area contributed by atoms with Crippen molar-refractivity contribution in [1.82, 2.24) is 0 Å². The summed E-state index contributed by atoms with van der Waals surface area (Å²) in [6.45, 7) is 6.52. The standard InChI is InChI=1S/C12H16S/c1-4-10(2)11(3)13-12-8-6-5-7-9-12/h4-9,11H,1-3H3/b10-4-/t11-/m0/s1. The van der Waals surface area contributed by atoms with Crippen molar-refractivity contribution in [2.45, 2.75) is 30.9 Å². The summed E-state index contributed by atoms with van der Waals surface area (Å²) in [7, 11) is 0. The van der Waals surface area contributed by atoms with Crippen molar-refractivity contribution in [2.24, 2.45) is 0 Å². The highest BCUT2D eigenvalue weighted by Gasteiger charge is 2.04. The Balaban J connectivity index is 2.60. The molecule has 1 heteroatoms. The van der Waals surface area contributed by atoms with Gasteiger partial charge >= 0.3 is 0 Å². The number of benzene rings is 1. The molecule has 0 aromatic heterocycles. The first-order valence-electron chi connectivity index (χ1n) is 4.58. The second-order valence-electron chi connectivity index (χ2n) is 3.11. The Labute approximate surface area is 85.1 Å². The molecule has 0 unspecified atom stereocenters. The lowest BCUT2D eigenvalue weighted by Gasteiger charge is -2.10. The summed E-state index contributed by atoms with van der Waals surface area (Å²) in [5.74, 6) is 0. The van der Waals surface area contributed by atoms with Crippen LogP contribution >= 0.6 is 11.8 Å². The minimum absolute atomic E-state index is 0.576. The molecule has 13 heavy (non-hydrogen) atoms. The van der Waals surface area contributed by atoms with Crippen molar-refractivity contribution >= 4 is 11.8 Å². The van der Waals surface area contributed by atoms with Crippen LogP contribution in [0.2, 0.25) is 0 Å². The van der Waals surface area contributed by atoms with E-state index in [0.29, 0.717) is 5.25 Å². The van der Waals surface area contributed by atoms with Crippen LogP contribution in [0.3, 0.4) is 0 Å². The first-order chi connectivity index (χ1) is 6.24. The number of hydrogen-bond donors (Lipinski definition) is 0. The van der Waals surface area contributed by atoms with Crippen molar-refractivity contribution in [1.29, 1.82) is 0 Å². The van der Waals surface area contributed by atoms with E-state index < -0.39 is 0 Å². The monoisotopic (exact) mass is 192 g/mol. The predicted octanol–water partition coefficient (Wildman–Crippen LogP) is 4.13. The van der Waals surface area contributed by atoms with E-state index in [1.165, 1.54) is 10.5 Å². The molecule has 0 saturated heterocycles. The molecule has 1 aromatic carbocycles. The zero-order valence-electron chi connectivity index (χ0n) is 8.45. The summed E-state index contributed by atoms with van der Waals surface area (Å²) >= 11 is 1.91. The normalized spacial score (nSPS) is 14.2. The Morgan fingerprint density at radius 3 is 2.46 bits per heavy atom. The second kappa shape index (κ2) is 5.13. The number of hydrogen-bond acceptors (Lipinski definition) is 1. The van der Waals surface area contributed by atoms with Gasteiger partial charge in [0.1, 0.15) is 0 Å². The smallest absolute Gasteiger partial charge is 0.0272 e. The van der Waals surface area contributed by atoms with Crippen LogP contribution in [0.15, 0.2) is 46.9 Å². The Kier molecular flexibility index (Phi) is 4.10. The quantitative estimate of drug-likeness (QED) is 0.512. The summed E-state index contributed by atoms with van der Waals surface area (Å²) in [4.78, 5) is 1.34. The van der Waals surface area contributed by atoms with Gasteiger partial charge in [-0.05, 0) is 32.9 Å². The molecule has 0 aliphatic carbocycles. The van der Waals surface area contributed by atoms with Crippen LogP contribution in [0.1, 0.15) is 20.8 Å². The third kappa shape index (κ3) is 3.27. The van der Waals surface area contributed by atoms with Gasteiger partial charge in [0.25, 0.3) is 0 Å². The highest BCUT2D eigenvalue weighted by atomic mass is 32.2. The summed E-state index contributed by atoms with van der Waals surface area (Å²) in [5, 5.41) is 0.576. The molecule has 0 saturated carbocycles. The maximum atomic E-state index is 2.24. The fourth-order valence-electron chi connectivity index (χ4n) is 1.03. The van der Waals surface area contributed by atoms with E-state index in [9.17, 15) is 0 Å². The van der Waals surface area contributed by atoms with Gasteiger partial charge < -0.3 is 0 Å². The van der Waals surface area contributed by atoms with Crippen LogP contribution in [0.5, 0.6) is 0 Å². The summed E-state index contributed by atoms with van der Waals surface area (Å²) in [6, 6.07) is 10.5. The van der Waals surface area contributed by atoms with Crippen molar-refractivity contribution < 1.29 is 0 Å². The van der Waals surface area contributed by atoms with Gasteiger partial charge in [-0.3, -0.25) is 0 Å². The fourth-order valence-corrected chi connectivity index (χ4v) is 2.08. The number of rotatable bonds is 3. The van der Waals surface area contributed by atoms with Gasteiger partial charge in [0.2, 0.25) is 0 Å². The first kappa shape index (κ1) is 10.4. The average molecular weight is 192 g/mol. The van der Waals surface area contributed by atoms with E-state index in [1.54, 1.807) is 0 Å². The van der Waals surface area contributed by atoms with Crippen LogP contribution in [0, 0.1) is 0 Å². The van der Waals surface area contributed by atoms with Crippen LogP contribution in [0.4, 0.5) is 0 Å². The van der Waals surface area contributed by atoms with Crippen molar-refractivity contribution in [3.63, 3.8) is 0 Å². The van der Waals surface area contributed by atoms with Crippen LogP contribution in [0.25, 0.3) is 0 Å². The number of allylic oxidation sites excluding steroid dienone is 1. The highest BCUT2D eigenvalue weighted by molar-refractivity contribution is 8.00. The summed E-state index contributed by atoms with van der Waals surface area (Å²) < 4.78 is 0. The fraction of sp³-hybridized carbons (Fsp3) is 0.333. The molecule has 0 nitrogen and oxygen atoms in total. The topological polar surface area (TPSA) is 0 Å². The molecule has 70 valence electrons. The Morgan fingerprint density at radius 2 is 1.92 bits per heavy atom. The molecule has 0 heterocycles. The zero-order valence-corrected chi connectivity index (χ0v) is 9.27. The summed E-state index contributed by atoms with van der Waals surface area (Å²) in [5.41, 5.74) is 1.44. The Morgan fingerprint density at radius 1 is 1.31 bits per heavy atom. The lowest BCUT2D eigenvalue weighted by atomic mass is 10.2. The molecule has 1 rings (SSSR count). The predicted molar refractivity (Wildman–Crippen MR) is 61.2 cm³/mol. The average Bonchev–Trinajstić information content (AvgIpc) is 2.18. The van der Waals surface area contributed by atoms with Gasteiger partial charge in [-0.2, -0.15) is 0 Å². The Hall–Kier alpha value is -0.690. The second-order valence-corrected chi connectivity index (χ2v) is 4.52. The first-order valence-corrected chi connectivity index (χ1v) is 5.46. The van der Waals surface area contributed by atoms with E-state index in [0.717, 1.165) is 0 Å². The van der Waals surface area contributed by atoms with Gasteiger partial charge in [0.15, 0.2) is 0 Å². The maximum absolute atomic E-state index is 2.24. The van der Waals surface area contributed by atoms with Gasteiger partial charge in [0, 0.05) is 10.1 Å². The third-order valence-corrected chi connectivity index (χ3v) is 3.42. The zero-order chi connectivity index (χ0) is 9.68. The van der Waals surface area contributed by atoms with E-state index in [2.05, 4.69) is 57.2 Å². The largest absolute Gasteiger partial charge is 0.119 e. The van der Waals surface area contributed by atoms with Gasteiger partial charge in [-0.1, -0.05) is 29.8 Å². The highest BCUT2D eigenvalue weighted by Crippen LogP contribution is 2.26. The van der Waals surface area contributed by atoms with E-state index >= 15 is 0 Å².